The van der Waals surface area contributed by atoms with Crippen LogP contribution in [0, 0.1) is 0 Å². The molecule has 0 unspecified atom stereocenters. The summed E-state index contributed by atoms with van der Waals surface area (Å²) < 4.78 is 10.6. The Kier molecular flexibility index (Phi) is 4.88. The Hall–Kier alpha value is -2.16. The number of rotatable bonds is 6. The molecule has 0 spiro atoms. The van der Waals surface area contributed by atoms with Crippen LogP contribution in [0.25, 0.3) is 0 Å². The van der Waals surface area contributed by atoms with Crippen molar-refractivity contribution >= 4 is 5.69 Å². The summed E-state index contributed by atoms with van der Waals surface area (Å²) in [5.74, 6) is 1.56. The van der Waals surface area contributed by atoms with E-state index in [-0.39, 0.29) is 0 Å². The predicted molar refractivity (Wildman–Crippen MR) is 82.4 cm³/mol. The van der Waals surface area contributed by atoms with Crippen LogP contribution in [0.2, 0.25) is 0 Å². The van der Waals surface area contributed by atoms with Crippen molar-refractivity contribution in [3.63, 3.8) is 0 Å². The van der Waals surface area contributed by atoms with E-state index in [1.165, 1.54) is 11.1 Å². The molecular formula is C17H21NO2. The second-order valence-electron chi connectivity index (χ2n) is 4.78. The van der Waals surface area contributed by atoms with E-state index in [2.05, 4.69) is 18.2 Å². The van der Waals surface area contributed by atoms with Crippen LogP contribution in [0.3, 0.4) is 0 Å². The first-order valence-corrected chi connectivity index (χ1v) is 6.78. The number of nitrogen functional groups attached to an aromatic ring is 1. The minimum atomic E-state index is 0.773. The predicted octanol–water partition coefficient (Wildman–Crippen LogP) is 3.46. The molecule has 0 fully saturated rings. The molecule has 0 atom stereocenters. The maximum atomic E-state index is 5.68. The van der Waals surface area contributed by atoms with Gasteiger partial charge in [0.05, 0.1) is 14.2 Å². The van der Waals surface area contributed by atoms with Crippen molar-refractivity contribution in [2.45, 2.75) is 19.3 Å². The molecule has 3 nitrogen and oxygen atoms in total. The van der Waals surface area contributed by atoms with Gasteiger partial charge in [0.2, 0.25) is 0 Å². The van der Waals surface area contributed by atoms with Crippen LogP contribution in [0.1, 0.15) is 17.5 Å². The lowest BCUT2D eigenvalue weighted by molar-refractivity contribution is 0.354. The third-order valence-electron chi connectivity index (χ3n) is 3.36. The molecule has 0 saturated heterocycles. The summed E-state index contributed by atoms with van der Waals surface area (Å²) in [6.45, 7) is 0. The van der Waals surface area contributed by atoms with Gasteiger partial charge in [-0.1, -0.05) is 18.2 Å². The largest absolute Gasteiger partial charge is 0.493 e. The Labute approximate surface area is 120 Å². The van der Waals surface area contributed by atoms with Crippen LogP contribution < -0.4 is 15.2 Å². The first-order chi connectivity index (χ1) is 9.72. The number of ether oxygens (including phenoxy) is 2. The summed E-state index contributed by atoms with van der Waals surface area (Å²) in [5, 5.41) is 0. The van der Waals surface area contributed by atoms with Crippen molar-refractivity contribution < 1.29 is 9.47 Å². The number of hydrogen-bond donors (Lipinski definition) is 1. The Morgan fingerprint density at radius 1 is 0.800 bits per heavy atom. The zero-order chi connectivity index (χ0) is 14.4. The van der Waals surface area contributed by atoms with Crippen LogP contribution in [-0.2, 0) is 12.8 Å². The van der Waals surface area contributed by atoms with Crippen LogP contribution in [0.15, 0.2) is 42.5 Å². The summed E-state index contributed by atoms with van der Waals surface area (Å²) in [7, 11) is 3.31. The number of benzene rings is 2. The first kappa shape index (κ1) is 14.3. The van der Waals surface area contributed by atoms with Gasteiger partial charge in [-0.25, -0.2) is 0 Å². The average molecular weight is 271 g/mol. The highest BCUT2D eigenvalue weighted by molar-refractivity contribution is 5.43. The van der Waals surface area contributed by atoms with Gasteiger partial charge in [0.25, 0.3) is 0 Å². The van der Waals surface area contributed by atoms with Gasteiger partial charge in [-0.2, -0.15) is 0 Å². The molecule has 0 aromatic heterocycles. The molecule has 0 aliphatic carbocycles. The van der Waals surface area contributed by atoms with E-state index in [1.807, 2.05) is 24.3 Å². The topological polar surface area (TPSA) is 44.5 Å². The Bertz CT molecular complexity index is 549. The average Bonchev–Trinajstić information content (AvgIpc) is 2.49. The second kappa shape index (κ2) is 6.85. The summed E-state index contributed by atoms with van der Waals surface area (Å²) in [4.78, 5) is 0. The van der Waals surface area contributed by atoms with Crippen LogP contribution in [0.5, 0.6) is 11.5 Å². The van der Waals surface area contributed by atoms with Crippen LogP contribution in [-0.4, -0.2) is 14.2 Å². The van der Waals surface area contributed by atoms with Gasteiger partial charge in [-0.05, 0) is 54.7 Å². The molecular weight excluding hydrogens is 250 g/mol. The maximum absolute atomic E-state index is 5.68. The monoisotopic (exact) mass is 271 g/mol. The van der Waals surface area contributed by atoms with Crippen LogP contribution >= 0.6 is 0 Å². The molecule has 106 valence electrons. The molecule has 0 aliphatic heterocycles. The first-order valence-electron chi connectivity index (χ1n) is 6.78. The highest BCUT2D eigenvalue weighted by atomic mass is 16.5. The summed E-state index contributed by atoms with van der Waals surface area (Å²) in [5.41, 5.74) is 9.07. The lowest BCUT2D eigenvalue weighted by atomic mass is 10.0. The molecule has 20 heavy (non-hydrogen) atoms. The summed E-state index contributed by atoms with van der Waals surface area (Å²) in [6, 6.07) is 14.2. The Balaban J connectivity index is 1.92. The quantitative estimate of drug-likeness (QED) is 0.818. The van der Waals surface area contributed by atoms with Crippen molar-refractivity contribution in [1.82, 2.24) is 0 Å². The highest BCUT2D eigenvalue weighted by Gasteiger charge is 2.04. The van der Waals surface area contributed by atoms with Crippen molar-refractivity contribution in [3.05, 3.63) is 53.6 Å². The number of anilines is 1. The van der Waals surface area contributed by atoms with E-state index in [1.54, 1.807) is 14.2 Å². The number of aryl methyl sites for hydroxylation is 2. The zero-order valence-electron chi connectivity index (χ0n) is 12.1. The summed E-state index contributed by atoms with van der Waals surface area (Å²) >= 11 is 0. The fourth-order valence-electron chi connectivity index (χ4n) is 2.22. The lowest BCUT2D eigenvalue weighted by Gasteiger charge is -2.09. The molecule has 0 saturated carbocycles. The van der Waals surface area contributed by atoms with Crippen molar-refractivity contribution in [1.29, 1.82) is 0 Å². The molecule has 2 aromatic rings. The highest BCUT2D eigenvalue weighted by Crippen LogP contribution is 2.28. The van der Waals surface area contributed by atoms with E-state index in [9.17, 15) is 0 Å². The molecule has 0 heterocycles. The van der Waals surface area contributed by atoms with E-state index < -0.39 is 0 Å². The standard InChI is InChI=1S/C17H21NO2/c1-19-16-11-8-14(12-17(16)20-2)5-3-4-13-6-9-15(18)10-7-13/h6-12H,3-5,18H2,1-2H3. The smallest absolute Gasteiger partial charge is 0.160 e. The SMILES string of the molecule is COc1ccc(CCCc2ccc(N)cc2)cc1OC. The summed E-state index contributed by atoms with van der Waals surface area (Å²) in [6.07, 6.45) is 3.17. The van der Waals surface area contributed by atoms with Gasteiger partial charge >= 0.3 is 0 Å². The molecule has 0 radical (unpaired) electrons. The van der Waals surface area contributed by atoms with E-state index in [4.69, 9.17) is 15.2 Å². The number of nitrogens with two attached hydrogens (primary N) is 1. The Morgan fingerprint density at radius 3 is 2.05 bits per heavy atom. The molecule has 2 aromatic carbocycles. The molecule has 0 aliphatic rings. The van der Waals surface area contributed by atoms with Gasteiger partial charge in [-0.3, -0.25) is 0 Å². The van der Waals surface area contributed by atoms with Gasteiger partial charge in [0.1, 0.15) is 0 Å². The minimum absolute atomic E-state index is 0.773. The molecule has 2 N–H and O–H groups in total. The molecule has 0 amide bonds. The second-order valence-corrected chi connectivity index (χ2v) is 4.78. The van der Waals surface area contributed by atoms with E-state index >= 15 is 0 Å². The maximum Gasteiger partial charge on any atom is 0.160 e. The van der Waals surface area contributed by atoms with Crippen molar-refractivity contribution in [3.8, 4) is 11.5 Å². The van der Waals surface area contributed by atoms with E-state index in [0.717, 1.165) is 36.4 Å². The van der Waals surface area contributed by atoms with Gasteiger partial charge in [-0.15, -0.1) is 0 Å². The lowest BCUT2D eigenvalue weighted by Crippen LogP contribution is -1.94. The normalized spacial score (nSPS) is 10.3. The number of methoxy groups -OCH3 is 2. The Morgan fingerprint density at radius 2 is 1.40 bits per heavy atom. The third kappa shape index (κ3) is 3.67. The molecule has 3 heteroatoms. The van der Waals surface area contributed by atoms with Gasteiger partial charge < -0.3 is 15.2 Å². The van der Waals surface area contributed by atoms with Gasteiger partial charge in [0, 0.05) is 5.69 Å². The fraction of sp³-hybridized carbons (Fsp3) is 0.294. The fourth-order valence-corrected chi connectivity index (χ4v) is 2.22. The van der Waals surface area contributed by atoms with Crippen LogP contribution in [0.4, 0.5) is 5.69 Å². The molecule has 0 bridgehead atoms. The van der Waals surface area contributed by atoms with E-state index in [0.29, 0.717) is 0 Å². The van der Waals surface area contributed by atoms with Crippen molar-refractivity contribution in [2.75, 3.05) is 20.0 Å². The number of hydrogen-bond acceptors (Lipinski definition) is 3. The molecule has 2 rings (SSSR count). The van der Waals surface area contributed by atoms with Gasteiger partial charge in [0.15, 0.2) is 11.5 Å². The third-order valence-corrected chi connectivity index (χ3v) is 3.36. The zero-order valence-corrected chi connectivity index (χ0v) is 12.1. The van der Waals surface area contributed by atoms with Crippen molar-refractivity contribution in [2.24, 2.45) is 0 Å². The minimum Gasteiger partial charge on any atom is -0.493 e.